The third-order valence-electron chi connectivity index (χ3n) is 3.44. The molecule has 1 fully saturated rings. The third-order valence-corrected chi connectivity index (χ3v) is 3.44. The molecular formula is C11H16N4O4. The van der Waals surface area contributed by atoms with Crippen LogP contribution in [0.25, 0.3) is 0 Å². The second kappa shape index (κ2) is 4.87. The first kappa shape index (κ1) is 13.3. The number of aliphatic carboxylic acids is 1. The number of aryl methyl sites for hydroxylation is 1. The molecule has 1 heterocycles. The molecule has 104 valence electrons. The predicted octanol–water partition coefficient (Wildman–Crippen LogP) is 1.53. The van der Waals surface area contributed by atoms with Crippen molar-refractivity contribution in [2.24, 2.45) is 7.05 Å². The highest BCUT2D eigenvalue weighted by Gasteiger charge is 2.38. The van der Waals surface area contributed by atoms with Crippen LogP contribution >= 0.6 is 0 Å². The standard InChI is InChI=1S/C11H16N4O4/c1-14-7-8(15(18)19)10(13-14)12-11(6-9(16)17)4-2-3-5-11/h7H,2-6H2,1H3,(H,12,13)(H,16,17). The Balaban J connectivity index is 2.27. The van der Waals surface area contributed by atoms with Crippen molar-refractivity contribution in [3.63, 3.8) is 0 Å². The molecule has 1 aromatic heterocycles. The monoisotopic (exact) mass is 268 g/mol. The number of nitrogens with one attached hydrogen (secondary N) is 1. The maximum Gasteiger partial charge on any atom is 0.330 e. The van der Waals surface area contributed by atoms with Gasteiger partial charge in [0.15, 0.2) is 0 Å². The Morgan fingerprint density at radius 2 is 2.26 bits per heavy atom. The average molecular weight is 268 g/mol. The van der Waals surface area contributed by atoms with Crippen LogP contribution in [0.3, 0.4) is 0 Å². The first-order valence-electron chi connectivity index (χ1n) is 6.10. The number of carbonyl (C=O) groups is 1. The van der Waals surface area contributed by atoms with Crippen molar-refractivity contribution in [3.05, 3.63) is 16.3 Å². The van der Waals surface area contributed by atoms with E-state index in [1.165, 1.54) is 10.9 Å². The van der Waals surface area contributed by atoms with Crippen molar-refractivity contribution in [2.75, 3.05) is 5.32 Å². The molecule has 1 aliphatic carbocycles. The molecule has 1 saturated carbocycles. The van der Waals surface area contributed by atoms with Crippen LogP contribution < -0.4 is 5.32 Å². The van der Waals surface area contributed by atoms with Crippen LogP contribution in [0.5, 0.6) is 0 Å². The quantitative estimate of drug-likeness (QED) is 0.619. The number of hydrogen-bond acceptors (Lipinski definition) is 5. The zero-order valence-electron chi connectivity index (χ0n) is 10.6. The van der Waals surface area contributed by atoms with Crippen molar-refractivity contribution in [1.29, 1.82) is 0 Å². The van der Waals surface area contributed by atoms with Gasteiger partial charge in [-0.3, -0.25) is 19.6 Å². The lowest BCUT2D eigenvalue weighted by Gasteiger charge is -2.28. The minimum atomic E-state index is -0.909. The Bertz CT molecular complexity index is 505. The highest BCUT2D eigenvalue weighted by Crippen LogP contribution is 2.37. The largest absolute Gasteiger partial charge is 0.481 e. The molecule has 0 spiro atoms. The summed E-state index contributed by atoms with van der Waals surface area (Å²) in [6.45, 7) is 0. The van der Waals surface area contributed by atoms with Crippen LogP contribution in [-0.2, 0) is 11.8 Å². The summed E-state index contributed by atoms with van der Waals surface area (Å²) in [5.41, 5.74) is -0.746. The topological polar surface area (TPSA) is 110 Å². The molecule has 1 aromatic rings. The van der Waals surface area contributed by atoms with E-state index < -0.39 is 16.4 Å². The summed E-state index contributed by atoms with van der Waals surface area (Å²) in [6, 6.07) is 0. The van der Waals surface area contributed by atoms with Crippen LogP contribution in [0, 0.1) is 10.1 Å². The molecule has 0 atom stereocenters. The van der Waals surface area contributed by atoms with E-state index >= 15 is 0 Å². The number of nitro groups is 1. The number of carboxylic acid groups (broad SMARTS) is 1. The Labute approximate surface area is 109 Å². The van der Waals surface area contributed by atoms with Gasteiger partial charge >= 0.3 is 11.7 Å². The molecule has 0 aromatic carbocycles. The number of carboxylic acids is 1. The average Bonchev–Trinajstić information content (AvgIpc) is 2.85. The van der Waals surface area contributed by atoms with Gasteiger partial charge in [0, 0.05) is 12.6 Å². The molecule has 0 amide bonds. The maximum absolute atomic E-state index is 11.0. The van der Waals surface area contributed by atoms with E-state index in [4.69, 9.17) is 5.11 Å². The van der Waals surface area contributed by atoms with Crippen molar-refractivity contribution in [1.82, 2.24) is 9.78 Å². The Morgan fingerprint density at radius 1 is 1.63 bits per heavy atom. The summed E-state index contributed by atoms with van der Waals surface area (Å²) >= 11 is 0. The van der Waals surface area contributed by atoms with Gasteiger partial charge in [-0.25, -0.2) is 0 Å². The zero-order chi connectivity index (χ0) is 14.0. The molecule has 0 saturated heterocycles. The SMILES string of the molecule is Cn1cc([N+](=O)[O-])c(NC2(CC(=O)O)CCCC2)n1. The molecule has 0 radical (unpaired) electrons. The molecule has 0 unspecified atom stereocenters. The minimum Gasteiger partial charge on any atom is -0.481 e. The summed E-state index contributed by atoms with van der Waals surface area (Å²) in [4.78, 5) is 21.4. The molecule has 8 heteroatoms. The van der Waals surface area contributed by atoms with E-state index in [0.29, 0.717) is 12.8 Å². The van der Waals surface area contributed by atoms with Gasteiger partial charge in [-0.15, -0.1) is 5.10 Å². The van der Waals surface area contributed by atoms with Gasteiger partial charge in [-0.1, -0.05) is 12.8 Å². The molecular weight excluding hydrogens is 252 g/mol. The lowest BCUT2D eigenvalue weighted by Crippen LogP contribution is -2.37. The fourth-order valence-electron chi connectivity index (χ4n) is 2.64. The normalized spacial score (nSPS) is 17.3. The van der Waals surface area contributed by atoms with Gasteiger partial charge in [0.1, 0.15) is 6.20 Å². The van der Waals surface area contributed by atoms with E-state index in [1.807, 2.05) is 0 Å². The van der Waals surface area contributed by atoms with Gasteiger partial charge in [0.2, 0.25) is 5.82 Å². The predicted molar refractivity (Wildman–Crippen MR) is 66.9 cm³/mol. The molecule has 8 nitrogen and oxygen atoms in total. The molecule has 19 heavy (non-hydrogen) atoms. The summed E-state index contributed by atoms with van der Waals surface area (Å²) in [5, 5.41) is 27.0. The van der Waals surface area contributed by atoms with E-state index in [0.717, 1.165) is 12.8 Å². The van der Waals surface area contributed by atoms with Crippen LogP contribution in [0.1, 0.15) is 32.1 Å². The van der Waals surface area contributed by atoms with Gasteiger partial charge < -0.3 is 10.4 Å². The van der Waals surface area contributed by atoms with Gasteiger partial charge in [-0.2, -0.15) is 0 Å². The Morgan fingerprint density at radius 3 is 2.79 bits per heavy atom. The fourth-order valence-corrected chi connectivity index (χ4v) is 2.64. The highest BCUT2D eigenvalue weighted by atomic mass is 16.6. The smallest absolute Gasteiger partial charge is 0.330 e. The first-order valence-corrected chi connectivity index (χ1v) is 6.10. The number of hydrogen-bond donors (Lipinski definition) is 2. The van der Waals surface area contributed by atoms with Crippen LogP contribution in [0.15, 0.2) is 6.20 Å². The van der Waals surface area contributed by atoms with Crippen molar-refractivity contribution in [2.45, 2.75) is 37.6 Å². The highest BCUT2D eigenvalue weighted by molar-refractivity contribution is 5.70. The van der Waals surface area contributed by atoms with Crippen LogP contribution in [-0.4, -0.2) is 31.3 Å². The van der Waals surface area contributed by atoms with Crippen LogP contribution in [0.4, 0.5) is 11.5 Å². The van der Waals surface area contributed by atoms with Gasteiger partial charge in [-0.05, 0) is 12.8 Å². The van der Waals surface area contributed by atoms with E-state index in [9.17, 15) is 14.9 Å². The second-order valence-electron chi connectivity index (χ2n) is 4.98. The van der Waals surface area contributed by atoms with Crippen molar-refractivity contribution >= 4 is 17.5 Å². The van der Waals surface area contributed by atoms with Crippen molar-refractivity contribution < 1.29 is 14.8 Å². The summed E-state index contributed by atoms with van der Waals surface area (Å²) < 4.78 is 1.35. The maximum atomic E-state index is 11.0. The number of anilines is 1. The van der Waals surface area contributed by atoms with E-state index in [2.05, 4.69) is 10.4 Å². The summed E-state index contributed by atoms with van der Waals surface area (Å²) in [7, 11) is 1.59. The molecule has 0 aliphatic heterocycles. The summed E-state index contributed by atoms with van der Waals surface area (Å²) in [5.74, 6) is -0.761. The van der Waals surface area contributed by atoms with Gasteiger partial charge in [0.05, 0.1) is 11.3 Å². The van der Waals surface area contributed by atoms with E-state index in [-0.39, 0.29) is 17.9 Å². The molecule has 1 aliphatic rings. The third kappa shape index (κ3) is 2.83. The van der Waals surface area contributed by atoms with Crippen LogP contribution in [0.2, 0.25) is 0 Å². The minimum absolute atomic E-state index is 0.0548. The first-order chi connectivity index (χ1) is 8.92. The number of rotatable bonds is 5. The second-order valence-corrected chi connectivity index (χ2v) is 4.98. The van der Waals surface area contributed by atoms with Crippen molar-refractivity contribution in [3.8, 4) is 0 Å². The molecule has 2 N–H and O–H groups in total. The lowest BCUT2D eigenvalue weighted by molar-refractivity contribution is -0.384. The van der Waals surface area contributed by atoms with Gasteiger partial charge in [0.25, 0.3) is 0 Å². The molecule has 2 rings (SSSR count). The Kier molecular flexibility index (Phi) is 3.41. The zero-order valence-corrected chi connectivity index (χ0v) is 10.6. The lowest BCUT2D eigenvalue weighted by atomic mass is 9.93. The number of nitrogens with zero attached hydrogens (tertiary/aromatic N) is 3. The number of aromatic nitrogens is 2. The molecule has 0 bridgehead atoms. The Hall–Kier alpha value is -2.12. The summed E-state index contributed by atoms with van der Waals surface area (Å²) in [6.07, 6.45) is 4.47. The fraction of sp³-hybridized carbons (Fsp3) is 0.636. The van der Waals surface area contributed by atoms with E-state index in [1.54, 1.807) is 7.05 Å².